The van der Waals surface area contributed by atoms with Gasteiger partial charge >= 0.3 is 6.03 Å². The van der Waals surface area contributed by atoms with E-state index < -0.39 is 11.6 Å². The first-order valence-corrected chi connectivity index (χ1v) is 9.60. The van der Waals surface area contributed by atoms with Gasteiger partial charge in [-0.2, -0.15) is 0 Å². The van der Waals surface area contributed by atoms with E-state index in [4.69, 9.17) is 5.73 Å². The van der Waals surface area contributed by atoms with Crippen molar-refractivity contribution in [2.75, 3.05) is 19.6 Å². The van der Waals surface area contributed by atoms with Crippen molar-refractivity contribution in [1.82, 2.24) is 15.1 Å². The molecule has 2 saturated carbocycles. The molecule has 4 aliphatic rings. The molecule has 25 heavy (non-hydrogen) atoms. The van der Waals surface area contributed by atoms with Gasteiger partial charge in [-0.3, -0.25) is 14.5 Å². The third-order valence-electron chi connectivity index (χ3n) is 7.06. The molecule has 0 aromatic heterocycles. The van der Waals surface area contributed by atoms with Crippen molar-refractivity contribution in [3.8, 4) is 0 Å². The molecule has 0 aromatic rings. The molecular weight excluding hydrogens is 320 g/mol. The summed E-state index contributed by atoms with van der Waals surface area (Å²) >= 11 is 0. The molecule has 138 valence electrons. The van der Waals surface area contributed by atoms with Gasteiger partial charge in [0.05, 0.1) is 0 Å². The SMILES string of the molecule is CC1CCCCC12NC(=O)N(CC(=O)N1CC3CCC(N)C3C1)C2=O. The number of nitrogens with two attached hydrogens (primary N) is 1. The second-order valence-corrected chi connectivity index (χ2v) is 8.40. The standard InChI is InChI=1S/C18H28N4O3/c1-11-4-2-3-7-18(11)16(24)22(17(25)20-18)10-15(23)21-8-12-5-6-14(19)13(12)9-21/h11-14H,2-10,19H2,1H3,(H,20,25). The molecule has 0 radical (unpaired) electrons. The van der Waals surface area contributed by atoms with Crippen molar-refractivity contribution in [2.45, 2.75) is 57.0 Å². The molecule has 5 unspecified atom stereocenters. The van der Waals surface area contributed by atoms with Gasteiger partial charge in [-0.15, -0.1) is 0 Å². The number of hydrogen-bond donors (Lipinski definition) is 2. The zero-order valence-corrected chi connectivity index (χ0v) is 14.9. The molecule has 0 aromatic carbocycles. The topological polar surface area (TPSA) is 95.7 Å². The first-order valence-electron chi connectivity index (χ1n) is 9.60. The highest BCUT2D eigenvalue weighted by molar-refractivity contribution is 6.09. The van der Waals surface area contributed by atoms with Gasteiger partial charge in [-0.05, 0) is 43.4 Å². The van der Waals surface area contributed by atoms with E-state index in [0.717, 1.165) is 37.0 Å². The fourth-order valence-electron chi connectivity index (χ4n) is 5.39. The van der Waals surface area contributed by atoms with Gasteiger partial charge in [0.25, 0.3) is 5.91 Å². The lowest BCUT2D eigenvalue weighted by atomic mass is 9.73. The van der Waals surface area contributed by atoms with Crippen LogP contribution in [0.4, 0.5) is 4.79 Å². The Morgan fingerprint density at radius 1 is 1.24 bits per heavy atom. The summed E-state index contributed by atoms with van der Waals surface area (Å²) < 4.78 is 0. The molecule has 5 atom stereocenters. The van der Waals surface area contributed by atoms with Crippen LogP contribution >= 0.6 is 0 Å². The summed E-state index contributed by atoms with van der Waals surface area (Å²) in [5.41, 5.74) is 5.34. The average molecular weight is 348 g/mol. The van der Waals surface area contributed by atoms with Gasteiger partial charge in [0.2, 0.25) is 5.91 Å². The third kappa shape index (κ3) is 2.55. The first-order chi connectivity index (χ1) is 11.9. The van der Waals surface area contributed by atoms with E-state index in [9.17, 15) is 14.4 Å². The molecule has 2 aliphatic heterocycles. The van der Waals surface area contributed by atoms with Crippen molar-refractivity contribution in [2.24, 2.45) is 23.5 Å². The van der Waals surface area contributed by atoms with Gasteiger partial charge in [0, 0.05) is 19.1 Å². The maximum Gasteiger partial charge on any atom is 0.325 e. The molecule has 0 bridgehead atoms. The second-order valence-electron chi connectivity index (χ2n) is 8.40. The minimum Gasteiger partial charge on any atom is -0.341 e. The van der Waals surface area contributed by atoms with Gasteiger partial charge in [-0.1, -0.05) is 19.8 Å². The number of rotatable bonds is 2. The predicted octanol–water partition coefficient (Wildman–Crippen LogP) is 0.683. The van der Waals surface area contributed by atoms with E-state index in [1.54, 1.807) is 4.90 Å². The van der Waals surface area contributed by atoms with Crippen LogP contribution in [0.3, 0.4) is 0 Å². The lowest BCUT2D eigenvalue weighted by Gasteiger charge is -2.36. The molecule has 1 spiro atoms. The van der Waals surface area contributed by atoms with Crippen LogP contribution in [0.1, 0.15) is 45.4 Å². The highest BCUT2D eigenvalue weighted by Crippen LogP contribution is 2.39. The highest BCUT2D eigenvalue weighted by atomic mass is 16.2. The van der Waals surface area contributed by atoms with Crippen LogP contribution in [0.25, 0.3) is 0 Å². The van der Waals surface area contributed by atoms with Crippen LogP contribution in [-0.4, -0.2) is 58.9 Å². The summed E-state index contributed by atoms with van der Waals surface area (Å²) in [5, 5.41) is 2.91. The molecule has 7 heteroatoms. The minimum absolute atomic E-state index is 0.113. The van der Waals surface area contributed by atoms with Crippen LogP contribution in [-0.2, 0) is 9.59 Å². The smallest absolute Gasteiger partial charge is 0.325 e. The third-order valence-corrected chi connectivity index (χ3v) is 7.06. The van der Waals surface area contributed by atoms with E-state index in [-0.39, 0.29) is 30.3 Å². The van der Waals surface area contributed by atoms with E-state index in [1.165, 1.54) is 0 Å². The molecule has 4 amide bonds. The number of nitrogens with one attached hydrogen (secondary N) is 1. The van der Waals surface area contributed by atoms with Crippen LogP contribution in [0.15, 0.2) is 0 Å². The summed E-state index contributed by atoms with van der Waals surface area (Å²) in [7, 11) is 0. The zero-order chi connectivity index (χ0) is 17.8. The predicted molar refractivity (Wildman–Crippen MR) is 91.4 cm³/mol. The van der Waals surface area contributed by atoms with Crippen molar-refractivity contribution < 1.29 is 14.4 Å². The van der Waals surface area contributed by atoms with Crippen molar-refractivity contribution in [3.63, 3.8) is 0 Å². The fraction of sp³-hybridized carbons (Fsp3) is 0.833. The molecular formula is C18H28N4O3. The van der Waals surface area contributed by atoms with Gasteiger partial charge in [-0.25, -0.2) is 4.79 Å². The number of carbonyl (C=O) groups is 3. The minimum atomic E-state index is -0.792. The highest BCUT2D eigenvalue weighted by Gasteiger charge is 2.55. The first kappa shape index (κ1) is 16.8. The zero-order valence-electron chi connectivity index (χ0n) is 14.9. The van der Waals surface area contributed by atoms with Crippen LogP contribution < -0.4 is 11.1 Å². The summed E-state index contributed by atoms with van der Waals surface area (Å²) in [6.45, 7) is 3.25. The summed E-state index contributed by atoms with van der Waals surface area (Å²) in [4.78, 5) is 41.0. The van der Waals surface area contributed by atoms with Gasteiger partial charge in [0.15, 0.2) is 0 Å². The number of imide groups is 1. The Balaban J connectivity index is 1.43. The maximum atomic E-state index is 13.0. The van der Waals surface area contributed by atoms with E-state index >= 15 is 0 Å². The van der Waals surface area contributed by atoms with Crippen LogP contribution in [0.5, 0.6) is 0 Å². The number of hydrogen-bond acceptors (Lipinski definition) is 4. The maximum absolute atomic E-state index is 13.0. The summed E-state index contributed by atoms with van der Waals surface area (Å²) in [6.07, 6.45) is 5.73. The van der Waals surface area contributed by atoms with Gasteiger partial charge in [0.1, 0.15) is 12.1 Å². The molecule has 7 nitrogen and oxygen atoms in total. The Kier molecular flexibility index (Phi) is 4.02. The van der Waals surface area contributed by atoms with Crippen molar-refractivity contribution >= 4 is 17.8 Å². The van der Waals surface area contributed by atoms with Crippen molar-refractivity contribution in [3.05, 3.63) is 0 Å². The number of amides is 4. The number of nitrogens with zero attached hydrogens (tertiary/aromatic N) is 2. The number of likely N-dealkylation sites (tertiary alicyclic amines) is 1. The number of urea groups is 1. The Labute approximate surface area is 148 Å². The molecule has 2 saturated heterocycles. The monoisotopic (exact) mass is 348 g/mol. The van der Waals surface area contributed by atoms with Crippen molar-refractivity contribution in [1.29, 1.82) is 0 Å². The van der Waals surface area contributed by atoms with Crippen LogP contribution in [0.2, 0.25) is 0 Å². The molecule has 4 fully saturated rings. The van der Waals surface area contributed by atoms with E-state index in [1.807, 2.05) is 6.92 Å². The molecule has 2 aliphatic carbocycles. The molecule has 2 heterocycles. The van der Waals surface area contributed by atoms with E-state index in [0.29, 0.717) is 31.3 Å². The normalized spacial score (nSPS) is 40.7. The largest absolute Gasteiger partial charge is 0.341 e. The molecule has 3 N–H and O–H groups in total. The Morgan fingerprint density at radius 3 is 2.76 bits per heavy atom. The average Bonchev–Trinajstić information content (AvgIpc) is 3.22. The Morgan fingerprint density at radius 2 is 2.04 bits per heavy atom. The fourth-order valence-corrected chi connectivity index (χ4v) is 5.39. The Hall–Kier alpha value is -1.63. The number of fused-ring (bicyclic) bond motifs is 1. The lowest BCUT2D eigenvalue weighted by Crippen LogP contribution is -2.54. The second kappa shape index (κ2) is 5.97. The Bertz CT molecular complexity index is 609. The summed E-state index contributed by atoms with van der Waals surface area (Å²) in [6, 6.07) is -0.242. The quantitative estimate of drug-likeness (QED) is 0.718. The number of carbonyl (C=O) groups excluding carboxylic acids is 3. The van der Waals surface area contributed by atoms with Gasteiger partial charge < -0.3 is 16.0 Å². The van der Waals surface area contributed by atoms with E-state index in [2.05, 4.69) is 5.32 Å². The summed E-state index contributed by atoms with van der Waals surface area (Å²) in [5.74, 6) is 0.616. The van der Waals surface area contributed by atoms with Crippen LogP contribution in [0, 0.1) is 17.8 Å². The lowest BCUT2D eigenvalue weighted by molar-refractivity contribution is -0.140. The molecule has 4 rings (SSSR count).